The Morgan fingerprint density at radius 3 is 2.31 bits per heavy atom. The lowest BCUT2D eigenvalue weighted by atomic mass is 9.72. The van der Waals surface area contributed by atoms with Crippen LogP contribution in [0.25, 0.3) is 0 Å². The molecular weight excluding hydrogens is 388 g/mol. The SMILES string of the molecule is CC1(C)CC(=O)C(C=NCC2CCN(C(=O)Cc3ccc(Cl)cc3)CC2)C(=O)C1. The average molecular weight is 417 g/mol. The highest BCUT2D eigenvalue weighted by molar-refractivity contribution is 6.30. The molecule has 0 N–H and O–H groups in total. The van der Waals surface area contributed by atoms with Crippen molar-refractivity contribution in [2.75, 3.05) is 19.6 Å². The molecule has 0 bridgehead atoms. The van der Waals surface area contributed by atoms with Crippen molar-refractivity contribution in [2.45, 2.75) is 46.0 Å². The van der Waals surface area contributed by atoms with Crippen LogP contribution in [-0.4, -0.2) is 48.2 Å². The molecule has 0 spiro atoms. The van der Waals surface area contributed by atoms with Gasteiger partial charge in [-0.3, -0.25) is 19.4 Å². The zero-order valence-corrected chi connectivity index (χ0v) is 18.0. The fraction of sp³-hybridized carbons (Fsp3) is 0.565. The van der Waals surface area contributed by atoms with Crippen LogP contribution in [0.1, 0.15) is 45.1 Å². The number of carbonyl (C=O) groups excluding carboxylic acids is 3. The highest BCUT2D eigenvalue weighted by Gasteiger charge is 2.38. The van der Waals surface area contributed by atoms with Gasteiger partial charge in [-0.1, -0.05) is 37.6 Å². The number of carbonyl (C=O) groups is 3. The molecule has 0 radical (unpaired) electrons. The molecule has 5 nitrogen and oxygen atoms in total. The number of piperidine rings is 1. The van der Waals surface area contributed by atoms with Crippen LogP contribution in [-0.2, 0) is 20.8 Å². The smallest absolute Gasteiger partial charge is 0.226 e. The van der Waals surface area contributed by atoms with Crippen molar-refractivity contribution in [1.82, 2.24) is 4.90 Å². The third kappa shape index (κ3) is 5.99. The van der Waals surface area contributed by atoms with E-state index in [4.69, 9.17) is 11.6 Å². The van der Waals surface area contributed by atoms with Gasteiger partial charge in [0.15, 0.2) is 0 Å². The Morgan fingerprint density at radius 1 is 1.14 bits per heavy atom. The van der Waals surface area contributed by atoms with Crippen LogP contribution in [0.5, 0.6) is 0 Å². The van der Waals surface area contributed by atoms with Crippen LogP contribution in [0.4, 0.5) is 0 Å². The predicted molar refractivity (Wildman–Crippen MR) is 114 cm³/mol. The minimum Gasteiger partial charge on any atom is -0.342 e. The monoisotopic (exact) mass is 416 g/mol. The van der Waals surface area contributed by atoms with E-state index in [0.717, 1.165) is 31.5 Å². The van der Waals surface area contributed by atoms with Gasteiger partial charge in [-0.25, -0.2) is 0 Å². The number of amides is 1. The normalized spacial score (nSPS) is 21.1. The first-order chi connectivity index (χ1) is 13.7. The minimum atomic E-state index is -0.663. The number of halogens is 1. The standard InChI is InChI=1S/C23H29ClN2O3/c1-23(2)12-20(27)19(21(28)13-23)15-25-14-17-7-9-26(10-8-17)22(29)11-16-3-5-18(24)6-4-16/h3-6,15,17,19H,7-14H2,1-2H3. The predicted octanol–water partition coefficient (Wildman–Crippen LogP) is 3.77. The van der Waals surface area contributed by atoms with E-state index in [1.54, 1.807) is 18.3 Å². The zero-order chi connectivity index (χ0) is 21.0. The summed E-state index contributed by atoms with van der Waals surface area (Å²) in [6.45, 7) is 5.97. The maximum Gasteiger partial charge on any atom is 0.226 e. The average Bonchev–Trinajstić information content (AvgIpc) is 2.65. The summed E-state index contributed by atoms with van der Waals surface area (Å²) in [7, 11) is 0. The van der Waals surface area contributed by atoms with Crippen molar-refractivity contribution >= 4 is 35.3 Å². The molecule has 0 aromatic heterocycles. The van der Waals surface area contributed by atoms with Gasteiger partial charge in [-0.15, -0.1) is 0 Å². The van der Waals surface area contributed by atoms with E-state index in [1.165, 1.54) is 0 Å². The molecule has 3 rings (SSSR count). The number of benzene rings is 1. The minimum absolute atomic E-state index is 0.0161. The lowest BCUT2D eigenvalue weighted by Crippen LogP contribution is -2.40. The van der Waals surface area contributed by atoms with Crippen LogP contribution >= 0.6 is 11.6 Å². The Hall–Kier alpha value is -2.01. The molecule has 1 amide bonds. The van der Waals surface area contributed by atoms with Gasteiger partial charge in [0.25, 0.3) is 0 Å². The first-order valence-corrected chi connectivity index (χ1v) is 10.7. The van der Waals surface area contributed by atoms with Crippen LogP contribution in [0, 0.1) is 17.3 Å². The molecule has 1 aliphatic heterocycles. The Balaban J connectivity index is 1.43. The van der Waals surface area contributed by atoms with Gasteiger partial charge < -0.3 is 4.90 Å². The van der Waals surface area contributed by atoms with E-state index in [2.05, 4.69) is 4.99 Å². The topological polar surface area (TPSA) is 66.8 Å². The van der Waals surface area contributed by atoms with Crippen LogP contribution in [0.3, 0.4) is 0 Å². The fourth-order valence-electron chi connectivity index (χ4n) is 4.14. The maximum absolute atomic E-state index is 12.5. The van der Waals surface area contributed by atoms with Gasteiger partial charge in [-0.2, -0.15) is 0 Å². The van der Waals surface area contributed by atoms with Crippen molar-refractivity contribution in [1.29, 1.82) is 0 Å². The summed E-state index contributed by atoms with van der Waals surface area (Å²) < 4.78 is 0. The van der Waals surface area contributed by atoms with E-state index in [0.29, 0.717) is 36.7 Å². The molecule has 29 heavy (non-hydrogen) atoms. The molecule has 0 unspecified atom stereocenters. The molecule has 1 heterocycles. The molecule has 2 fully saturated rings. The summed E-state index contributed by atoms with van der Waals surface area (Å²) in [5.74, 6) is -0.175. The number of rotatable bonds is 5. The van der Waals surface area contributed by atoms with E-state index in [-0.39, 0.29) is 22.9 Å². The summed E-state index contributed by atoms with van der Waals surface area (Å²) >= 11 is 5.89. The molecule has 1 aromatic carbocycles. The molecule has 1 aliphatic carbocycles. The quantitative estimate of drug-likeness (QED) is 0.542. The van der Waals surface area contributed by atoms with Crippen LogP contribution in [0.15, 0.2) is 29.3 Å². The molecule has 1 saturated heterocycles. The van der Waals surface area contributed by atoms with Crippen molar-refractivity contribution < 1.29 is 14.4 Å². The van der Waals surface area contributed by atoms with Gasteiger partial charge >= 0.3 is 0 Å². The molecule has 1 saturated carbocycles. The second-order valence-electron chi connectivity index (χ2n) is 9.07. The fourth-order valence-corrected chi connectivity index (χ4v) is 4.27. The van der Waals surface area contributed by atoms with Gasteiger partial charge in [-0.05, 0) is 41.9 Å². The van der Waals surface area contributed by atoms with Gasteiger partial charge in [0.2, 0.25) is 5.91 Å². The lowest BCUT2D eigenvalue weighted by molar-refractivity contribution is -0.136. The Morgan fingerprint density at radius 2 is 1.72 bits per heavy atom. The van der Waals surface area contributed by atoms with Crippen molar-refractivity contribution in [3.8, 4) is 0 Å². The van der Waals surface area contributed by atoms with Gasteiger partial charge in [0.1, 0.15) is 17.5 Å². The summed E-state index contributed by atoms with van der Waals surface area (Å²) in [6.07, 6.45) is 4.61. The number of hydrogen-bond donors (Lipinski definition) is 0. The maximum atomic E-state index is 12.5. The van der Waals surface area contributed by atoms with Gasteiger partial charge in [0, 0.05) is 43.7 Å². The number of ketones is 2. The van der Waals surface area contributed by atoms with Gasteiger partial charge in [0.05, 0.1) is 6.42 Å². The molecular formula is C23H29ClN2O3. The summed E-state index contributed by atoms with van der Waals surface area (Å²) in [5, 5.41) is 0.669. The van der Waals surface area contributed by atoms with Crippen molar-refractivity contribution in [2.24, 2.45) is 22.2 Å². The number of hydrogen-bond acceptors (Lipinski definition) is 4. The van der Waals surface area contributed by atoms with Crippen molar-refractivity contribution in [3.05, 3.63) is 34.9 Å². The molecule has 6 heteroatoms. The summed E-state index contributed by atoms with van der Waals surface area (Å²) in [5.41, 5.74) is 0.736. The summed E-state index contributed by atoms with van der Waals surface area (Å²) in [4.78, 5) is 43.3. The largest absolute Gasteiger partial charge is 0.342 e. The number of aliphatic imine (C=N–C) groups is 1. The highest BCUT2D eigenvalue weighted by atomic mass is 35.5. The third-order valence-corrected chi connectivity index (χ3v) is 6.11. The highest BCUT2D eigenvalue weighted by Crippen LogP contribution is 2.33. The Kier molecular flexibility index (Phi) is 6.89. The molecule has 156 valence electrons. The van der Waals surface area contributed by atoms with Crippen LogP contribution in [0.2, 0.25) is 5.02 Å². The molecule has 2 aliphatic rings. The Bertz CT molecular complexity index is 773. The third-order valence-electron chi connectivity index (χ3n) is 5.85. The number of likely N-dealkylation sites (tertiary alicyclic amines) is 1. The van der Waals surface area contributed by atoms with E-state index < -0.39 is 5.92 Å². The number of Topliss-reactive ketones (excluding diaryl/α,β-unsaturated/α-hetero) is 2. The first kappa shape index (κ1) is 21.7. The second-order valence-corrected chi connectivity index (χ2v) is 9.51. The zero-order valence-electron chi connectivity index (χ0n) is 17.2. The van der Waals surface area contributed by atoms with Crippen molar-refractivity contribution in [3.63, 3.8) is 0 Å². The lowest BCUT2D eigenvalue weighted by Gasteiger charge is -2.32. The summed E-state index contributed by atoms with van der Waals surface area (Å²) in [6, 6.07) is 7.38. The number of nitrogens with zero attached hydrogens (tertiary/aromatic N) is 2. The van der Waals surface area contributed by atoms with Crippen LogP contribution < -0.4 is 0 Å². The first-order valence-electron chi connectivity index (χ1n) is 10.3. The van der Waals surface area contributed by atoms with E-state index in [1.807, 2.05) is 30.9 Å². The Labute approximate surface area is 177 Å². The molecule has 0 atom stereocenters. The second kappa shape index (κ2) is 9.21. The van der Waals surface area contributed by atoms with E-state index >= 15 is 0 Å². The molecule has 1 aromatic rings. The van der Waals surface area contributed by atoms with E-state index in [9.17, 15) is 14.4 Å².